The Hall–Kier alpha value is -2.28. The highest BCUT2D eigenvalue weighted by molar-refractivity contribution is 6.12. The van der Waals surface area contributed by atoms with Crippen LogP contribution in [0.25, 0.3) is 34.1 Å². The molecule has 2 heterocycles. The van der Waals surface area contributed by atoms with Crippen LogP contribution in [0.15, 0.2) is 54.6 Å². The summed E-state index contributed by atoms with van der Waals surface area (Å²) in [5, 5.41) is 2.65. The van der Waals surface area contributed by atoms with Crippen molar-refractivity contribution < 1.29 is 0 Å². The molecule has 1 aromatic heterocycles. The summed E-state index contributed by atoms with van der Waals surface area (Å²) in [6.45, 7) is 0. The first-order valence-corrected chi connectivity index (χ1v) is 5.82. The first kappa shape index (κ1) is 8.82. The fraction of sp³-hybridized carbons (Fsp3) is 0. The Morgan fingerprint density at radius 3 is 2.65 bits per heavy atom. The van der Waals surface area contributed by atoms with Crippen molar-refractivity contribution in [1.82, 2.24) is 4.57 Å². The Labute approximate surface area is 99.3 Å². The van der Waals surface area contributed by atoms with Crippen LogP contribution in [0.4, 0.5) is 0 Å². The maximum absolute atomic E-state index is 2.28. The highest BCUT2D eigenvalue weighted by Gasteiger charge is 2.11. The normalized spacial score (nSPS) is 13.4. The summed E-state index contributed by atoms with van der Waals surface area (Å²) in [4.78, 5) is 0. The van der Waals surface area contributed by atoms with E-state index in [0.717, 1.165) is 0 Å². The van der Waals surface area contributed by atoms with Crippen LogP contribution in [0.3, 0.4) is 0 Å². The van der Waals surface area contributed by atoms with E-state index in [9.17, 15) is 0 Å². The molecule has 1 aliphatic rings. The molecule has 2 aromatic carbocycles. The van der Waals surface area contributed by atoms with Crippen LogP contribution >= 0.6 is 0 Å². The number of fused-ring (bicyclic) bond motifs is 3. The average molecular weight is 217 g/mol. The third-order valence-corrected chi connectivity index (χ3v) is 3.38. The zero-order chi connectivity index (χ0) is 11.2. The fourth-order valence-electron chi connectivity index (χ4n) is 2.66. The van der Waals surface area contributed by atoms with Crippen molar-refractivity contribution in [2.24, 2.45) is 0 Å². The van der Waals surface area contributed by atoms with Gasteiger partial charge in [0.15, 0.2) is 0 Å². The van der Waals surface area contributed by atoms with E-state index in [1.165, 1.54) is 27.4 Å². The van der Waals surface area contributed by atoms with E-state index in [1.54, 1.807) is 0 Å². The Balaban J connectivity index is 2.39. The molecular formula is C16H11N. The van der Waals surface area contributed by atoms with E-state index in [4.69, 9.17) is 0 Å². The topological polar surface area (TPSA) is 4.93 Å². The standard InChI is InChI=1S/C16H11N/c1-2-10-15-13(8-1)14-9-5-7-12-6-3-4-11-17(15)16(12)14/h1-11H. The second kappa shape index (κ2) is 3.11. The molecule has 0 spiro atoms. The van der Waals surface area contributed by atoms with Gasteiger partial charge in [0, 0.05) is 17.0 Å². The van der Waals surface area contributed by atoms with Gasteiger partial charge in [-0.3, -0.25) is 0 Å². The van der Waals surface area contributed by atoms with Crippen molar-refractivity contribution in [3.63, 3.8) is 0 Å². The molecule has 0 fully saturated rings. The molecule has 0 aliphatic carbocycles. The highest BCUT2D eigenvalue weighted by Crippen LogP contribution is 2.32. The molecule has 0 radical (unpaired) electrons. The molecular weight excluding hydrogens is 206 g/mol. The predicted molar refractivity (Wildman–Crippen MR) is 73.8 cm³/mol. The summed E-state index contributed by atoms with van der Waals surface area (Å²) in [5.41, 5.74) is 3.86. The molecule has 0 saturated carbocycles. The molecule has 17 heavy (non-hydrogen) atoms. The van der Waals surface area contributed by atoms with E-state index in [1.807, 2.05) is 0 Å². The van der Waals surface area contributed by atoms with Crippen molar-refractivity contribution in [2.75, 3.05) is 0 Å². The maximum atomic E-state index is 2.28. The van der Waals surface area contributed by atoms with Crippen LogP contribution in [0.2, 0.25) is 0 Å². The Morgan fingerprint density at radius 1 is 0.765 bits per heavy atom. The van der Waals surface area contributed by atoms with Gasteiger partial charge >= 0.3 is 0 Å². The summed E-state index contributed by atoms with van der Waals surface area (Å²) in [5.74, 6) is 0. The number of nitrogens with zero attached hydrogens (tertiary/aromatic N) is 1. The van der Waals surface area contributed by atoms with Crippen molar-refractivity contribution >= 4 is 34.1 Å². The maximum Gasteiger partial charge on any atom is 0.0607 e. The highest BCUT2D eigenvalue weighted by atomic mass is 15.0. The van der Waals surface area contributed by atoms with Gasteiger partial charge in [-0.05, 0) is 17.7 Å². The number of aromatic nitrogens is 1. The summed E-state index contributed by atoms with van der Waals surface area (Å²) in [6.07, 6.45) is 8.49. The van der Waals surface area contributed by atoms with E-state index >= 15 is 0 Å². The van der Waals surface area contributed by atoms with Gasteiger partial charge in [0.2, 0.25) is 0 Å². The summed E-state index contributed by atoms with van der Waals surface area (Å²) in [7, 11) is 0. The van der Waals surface area contributed by atoms with Gasteiger partial charge in [0.25, 0.3) is 0 Å². The van der Waals surface area contributed by atoms with Crippen molar-refractivity contribution in [3.8, 4) is 0 Å². The summed E-state index contributed by atoms with van der Waals surface area (Å²) in [6, 6.07) is 15.1. The lowest BCUT2D eigenvalue weighted by atomic mass is 10.1. The summed E-state index contributed by atoms with van der Waals surface area (Å²) >= 11 is 0. The quantitative estimate of drug-likeness (QED) is 0.529. The van der Waals surface area contributed by atoms with Crippen molar-refractivity contribution in [1.29, 1.82) is 0 Å². The minimum Gasteiger partial charge on any atom is -0.315 e. The number of allylic oxidation sites excluding steroid dienone is 2. The van der Waals surface area contributed by atoms with E-state index in [0.29, 0.717) is 0 Å². The number of benzene rings is 2. The second-order valence-corrected chi connectivity index (χ2v) is 4.33. The average Bonchev–Trinajstić information content (AvgIpc) is 2.56. The molecule has 3 aromatic rings. The van der Waals surface area contributed by atoms with Crippen molar-refractivity contribution in [3.05, 3.63) is 60.2 Å². The zero-order valence-corrected chi connectivity index (χ0v) is 9.30. The van der Waals surface area contributed by atoms with Gasteiger partial charge in [-0.1, -0.05) is 48.6 Å². The third-order valence-electron chi connectivity index (χ3n) is 3.38. The predicted octanol–water partition coefficient (Wildman–Crippen LogP) is 4.29. The van der Waals surface area contributed by atoms with Crippen LogP contribution < -0.4 is 0 Å². The van der Waals surface area contributed by atoms with E-state index in [-0.39, 0.29) is 0 Å². The molecule has 0 N–H and O–H groups in total. The molecule has 0 unspecified atom stereocenters. The van der Waals surface area contributed by atoms with Gasteiger partial charge in [-0.2, -0.15) is 0 Å². The SMILES string of the molecule is C1=Cc2cccc3c4ccccc4n(c23)C=C1. The number of hydrogen-bond acceptors (Lipinski definition) is 0. The van der Waals surface area contributed by atoms with Gasteiger partial charge < -0.3 is 4.57 Å². The van der Waals surface area contributed by atoms with Crippen LogP contribution in [-0.2, 0) is 0 Å². The third kappa shape index (κ3) is 1.08. The molecule has 1 heteroatoms. The molecule has 0 atom stereocenters. The lowest BCUT2D eigenvalue weighted by Gasteiger charge is -2.01. The molecule has 0 amide bonds. The Kier molecular flexibility index (Phi) is 1.61. The second-order valence-electron chi connectivity index (χ2n) is 4.33. The smallest absolute Gasteiger partial charge is 0.0607 e. The lowest BCUT2D eigenvalue weighted by Crippen LogP contribution is -1.86. The van der Waals surface area contributed by atoms with Gasteiger partial charge in [-0.15, -0.1) is 0 Å². The summed E-state index contributed by atoms with van der Waals surface area (Å²) < 4.78 is 2.28. The molecule has 80 valence electrons. The van der Waals surface area contributed by atoms with Crippen LogP contribution in [0.5, 0.6) is 0 Å². The van der Waals surface area contributed by atoms with Crippen LogP contribution in [0.1, 0.15) is 5.56 Å². The van der Waals surface area contributed by atoms with Gasteiger partial charge in [0.1, 0.15) is 0 Å². The largest absolute Gasteiger partial charge is 0.315 e. The van der Waals surface area contributed by atoms with Crippen LogP contribution in [-0.4, -0.2) is 4.57 Å². The number of hydrogen-bond donors (Lipinski definition) is 0. The monoisotopic (exact) mass is 217 g/mol. The van der Waals surface area contributed by atoms with E-state index in [2.05, 4.69) is 71.5 Å². The minimum atomic E-state index is 1.27. The lowest BCUT2D eigenvalue weighted by molar-refractivity contribution is 1.29. The fourth-order valence-corrected chi connectivity index (χ4v) is 2.66. The first-order valence-electron chi connectivity index (χ1n) is 5.82. The van der Waals surface area contributed by atoms with Crippen molar-refractivity contribution in [2.45, 2.75) is 0 Å². The molecule has 1 aliphatic heterocycles. The molecule has 0 bridgehead atoms. The zero-order valence-electron chi connectivity index (χ0n) is 9.30. The van der Waals surface area contributed by atoms with E-state index < -0.39 is 0 Å². The molecule has 1 nitrogen and oxygen atoms in total. The van der Waals surface area contributed by atoms with Gasteiger partial charge in [-0.25, -0.2) is 0 Å². The Bertz CT molecular complexity index is 788. The number of para-hydroxylation sites is 2. The molecule has 0 saturated heterocycles. The number of rotatable bonds is 0. The minimum absolute atomic E-state index is 1.27. The molecule has 4 rings (SSSR count). The Morgan fingerprint density at radius 2 is 1.65 bits per heavy atom. The van der Waals surface area contributed by atoms with Gasteiger partial charge in [0.05, 0.1) is 11.0 Å². The van der Waals surface area contributed by atoms with Crippen LogP contribution in [0, 0.1) is 0 Å². The first-order chi connectivity index (χ1) is 8.45.